The summed E-state index contributed by atoms with van der Waals surface area (Å²) in [7, 11) is 3.80. The van der Waals surface area contributed by atoms with Gasteiger partial charge in [-0.15, -0.1) is 0 Å². The Morgan fingerprint density at radius 1 is 1.41 bits per heavy atom. The Labute approximate surface area is 104 Å². The van der Waals surface area contributed by atoms with E-state index >= 15 is 0 Å². The Morgan fingerprint density at radius 3 is 2.76 bits per heavy atom. The van der Waals surface area contributed by atoms with Gasteiger partial charge in [-0.2, -0.15) is 0 Å². The number of methoxy groups -OCH3 is 1. The van der Waals surface area contributed by atoms with Crippen LogP contribution in [0.5, 0.6) is 0 Å². The van der Waals surface area contributed by atoms with E-state index in [2.05, 4.69) is 22.6 Å². The number of nitrogens with one attached hydrogen (secondary N) is 2. The standard InChI is InChI=1S/C12H25N3O2/c1-15-6-3-11(4-7-15)9-14-12(16)10-13-5-8-17-2/h11,13H,3-10H2,1-2H3,(H,14,16). The van der Waals surface area contributed by atoms with E-state index in [9.17, 15) is 4.79 Å². The van der Waals surface area contributed by atoms with E-state index in [1.165, 1.54) is 12.8 Å². The molecule has 0 spiro atoms. The van der Waals surface area contributed by atoms with Crippen molar-refractivity contribution in [3.63, 3.8) is 0 Å². The maximum Gasteiger partial charge on any atom is 0.233 e. The van der Waals surface area contributed by atoms with Crippen LogP contribution >= 0.6 is 0 Å². The molecule has 2 N–H and O–H groups in total. The van der Waals surface area contributed by atoms with Crippen LogP contribution in [0.2, 0.25) is 0 Å². The maximum atomic E-state index is 11.5. The van der Waals surface area contributed by atoms with Crippen LogP contribution < -0.4 is 10.6 Å². The van der Waals surface area contributed by atoms with E-state index in [4.69, 9.17) is 4.74 Å². The van der Waals surface area contributed by atoms with E-state index in [0.717, 1.165) is 26.2 Å². The molecule has 0 aromatic heterocycles. The first-order valence-electron chi connectivity index (χ1n) is 6.37. The Kier molecular flexibility index (Phi) is 7.16. The molecule has 1 saturated heterocycles. The predicted octanol–water partition coefficient (Wildman–Crippen LogP) is -0.320. The molecule has 0 unspecified atom stereocenters. The van der Waals surface area contributed by atoms with Crippen LogP contribution in [-0.2, 0) is 9.53 Å². The second kappa shape index (κ2) is 8.44. The number of piperidine rings is 1. The minimum Gasteiger partial charge on any atom is -0.383 e. The third-order valence-electron chi connectivity index (χ3n) is 3.19. The number of hydrogen-bond donors (Lipinski definition) is 2. The van der Waals surface area contributed by atoms with E-state index < -0.39 is 0 Å². The first-order valence-corrected chi connectivity index (χ1v) is 6.37. The smallest absolute Gasteiger partial charge is 0.233 e. The highest BCUT2D eigenvalue weighted by Crippen LogP contribution is 2.14. The average molecular weight is 243 g/mol. The Hall–Kier alpha value is -0.650. The molecule has 100 valence electrons. The van der Waals surface area contributed by atoms with Crippen molar-refractivity contribution >= 4 is 5.91 Å². The first kappa shape index (κ1) is 14.4. The number of amides is 1. The molecule has 1 aliphatic rings. The van der Waals surface area contributed by atoms with Gasteiger partial charge in [-0.05, 0) is 38.9 Å². The highest BCUT2D eigenvalue weighted by molar-refractivity contribution is 5.77. The van der Waals surface area contributed by atoms with E-state index in [1.807, 2.05) is 0 Å². The zero-order valence-corrected chi connectivity index (χ0v) is 11.0. The van der Waals surface area contributed by atoms with Crippen molar-refractivity contribution in [1.29, 1.82) is 0 Å². The monoisotopic (exact) mass is 243 g/mol. The van der Waals surface area contributed by atoms with Gasteiger partial charge in [-0.1, -0.05) is 0 Å². The van der Waals surface area contributed by atoms with Crippen molar-refractivity contribution in [1.82, 2.24) is 15.5 Å². The average Bonchev–Trinajstić information content (AvgIpc) is 2.34. The molecule has 5 heteroatoms. The van der Waals surface area contributed by atoms with Gasteiger partial charge in [0, 0.05) is 20.2 Å². The van der Waals surface area contributed by atoms with Crippen LogP contribution in [0.3, 0.4) is 0 Å². The zero-order valence-electron chi connectivity index (χ0n) is 11.0. The number of hydrogen-bond acceptors (Lipinski definition) is 4. The fourth-order valence-electron chi connectivity index (χ4n) is 1.96. The lowest BCUT2D eigenvalue weighted by Gasteiger charge is -2.28. The van der Waals surface area contributed by atoms with Gasteiger partial charge in [-0.3, -0.25) is 4.79 Å². The minimum atomic E-state index is 0.0834. The summed E-state index contributed by atoms with van der Waals surface area (Å²) in [6.45, 7) is 4.86. The molecule has 0 aromatic carbocycles. The maximum absolute atomic E-state index is 11.5. The van der Waals surface area contributed by atoms with Gasteiger partial charge in [0.05, 0.1) is 13.2 Å². The molecule has 0 saturated carbocycles. The van der Waals surface area contributed by atoms with Gasteiger partial charge in [0.25, 0.3) is 0 Å². The lowest BCUT2D eigenvalue weighted by atomic mass is 9.97. The predicted molar refractivity (Wildman–Crippen MR) is 68.0 cm³/mol. The second-order valence-corrected chi connectivity index (χ2v) is 4.72. The van der Waals surface area contributed by atoms with Crippen molar-refractivity contribution in [3.8, 4) is 0 Å². The fourth-order valence-corrected chi connectivity index (χ4v) is 1.96. The van der Waals surface area contributed by atoms with Crippen molar-refractivity contribution in [3.05, 3.63) is 0 Å². The SMILES string of the molecule is COCCNCC(=O)NCC1CCN(C)CC1. The molecule has 17 heavy (non-hydrogen) atoms. The summed E-state index contributed by atoms with van der Waals surface area (Å²) < 4.78 is 4.89. The molecule has 1 rings (SSSR count). The summed E-state index contributed by atoms with van der Waals surface area (Å²) in [5.41, 5.74) is 0. The van der Waals surface area contributed by atoms with Crippen LogP contribution in [0.15, 0.2) is 0 Å². The van der Waals surface area contributed by atoms with Crippen molar-refractivity contribution in [2.75, 3.05) is 53.5 Å². The molecule has 5 nitrogen and oxygen atoms in total. The van der Waals surface area contributed by atoms with E-state index in [0.29, 0.717) is 19.1 Å². The number of nitrogens with zero attached hydrogens (tertiary/aromatic N) is 1. The first-order chi connectivity index (χ1) is 8.22. The molecule has 1 heterocycles. The molecule has 0 bridgehead atoms. The molecule has 0 atom stereocenters. The summed E-state index contributed by atoms with van der Waals surface area (Å²) in [5.74, 6) is 0.731. The molecular formula is C12H25N3O2. The zero-order chi connectivity index (χ0) is 12.5. The van der Waals surface area contributed by atoms with Gasteiger partial charge in [0.1, 0.15) is 0 Å². The molecular weight excluding hydrogens is 218 g/mol. The quantitative estimate of drug-likeness (QED) is 0.602. The van der Waals surface area contributed by atoms with Crippen LogP contribution in [0, 0.1) is 5.92 Å². The Morgan fingerprint density at radius 2 is 2.12 bits per heavy atom. The largest absolute Gasteiger partial charge is 0.383 e. The van der Waals surface area contributed by atoms with Gasteiger partial charge in [0.15, 0.2) is 0 Å². The number of likely N-dealkylation sites (tertiary alicyclic amines) is 1. The van der Waals surface area contributed by atoms with Crippen LogP contribution in [0.4, 0.5) is 0 Å². The third kappa shape index (κ3) is 6.61. The highest BCUT2D eigenvalue weighted by atomic mass is 16.5. The summed E-state index contributed by atoms with van der Waals surface area (Å²) in [5, 5.41) is 6.02. The van der Waals surface area contributed by atoms with Crippen LogP contribution in [-0.4, -0.2) is 64.3 Å². The molecule has 1 amide bonds. The van der Waals surface area contributed by atoms with Gasteiger partial charge in [-0.25, -0.2) is 0 Å². The summed E-state index contributed by atoms with van der Waals surface area (Å²) in [4.78, 5) is 13.8. The number of rotatable bonds is 7. The lowest BCUT2D eigenvalue weighted by Crippen LogP contribution is -2.40. The van der Waals surface area contributed by atoms with Gasteiger partial charge < -0.3 is 20.3 Å². The lowest BCUT2D eigenvalue weighted by molar-refractivity contribution is -0.120. The number of carbonyl (C=O) groups is 1. The summed E-state index contributed by atoms with van der Waals surface area (Å²) >= 11 is 0. The molecule has 1 aliphatic heterocycles. The molecule has 0 aliphatic carbocycles. The molecule has 0 aromatic rings. The van der Waals surface area contributed by atoms with E-state index in [-0.39, 0.29) is 5.91 Å². The minimum absolute atomic E-state index is 0.0834. The van der Waals surface area contributed by atoms with Crippen molar-refractivity contribution < 1.29 is 9.53 Å². The number of carbonyl (C=O) groups excluding carboxylic acids is 1. The van der Waals surface area contributed by atoms with Crippen LogP contribution in [0.1, 0.15) is 12.8 Å². The second-order valence-electron chi connectivity index (χ2n) is 4.72. The summed E-state index contributed by atoms with van der Waals surface area (Å²) in [6, 6.07) is 0. The topological polar surface area (TPSA) is 53.6 Å². The third-order valence-corrected chi connectivity index (χ3v) is 3.19. The summed E-state index contributed by atoms with van der Waals surface area (Å²) in [6.07, 6.45) is 2.38. The highest BCUT2D eigenvalue weighted by Gasteiger charge is 2.16. The van der Waals surface area contributed by atoms with Gasteiger partial charge in [0.2, 0.25) is 5.91 Å². The Balaban J connectivity index is 1.99. The normalized spacial score (nSPS) is 18.2. The van der Waals surface area contributed by atoms with Crippen molar-refractivity contribution in [2.24, 2.45) is 5.92 Å². The fraction of sp³-hybridized carbons (Fsp3) is 0.917. The van der Waals surface area contributed by atoms with Gasteiger partial charge >= 0.3 is 0 Å². The van der Waals surface area contributed by atoms with E-state index in [1.54, 1.807) is 7.11 Å². The van der Waals surface area contributed by atoms with Crippen molar-refractivity contribution in [2.45, 2.75) is 12.8 Å². The molecule has 0 radical (unpaired) electrons. The number of ether oxygens (including phenoxy) is 1. The Bertz CT molecular complexity index is 216. The molecule has 1 fully saturated rings. The van der Waals surface area contributed by atoms with Crippen LogP contribution in [0.25, 0.3) is 0 Å².